The number of rotatable bonds is 8. The number of likely N-dealkylation sites (tertiary alicyclic amines) is 1. The molecular weight excluding hydrogens is 314 g/mol. The van der Waals surface area contributed by atoms with Gasteiger partial charge in [-0.25, -0.2) is 4.99 Å². The summed E-state index contributed by atoms with van der Waals surface area (Å²) in [7, 11) is 0. The minimum Gasteiger partial charge on any atom is -0.490 e. The molecule has 0 unspecified atom stereocenters. The van der Waals surface area contributed by atoms with Gasteiger partial charge in [-0.2, -0.15) is 0 Å². The molecule has 0 atom stereocenters. The van der Waals surface area contributed by atoms with E-state index in [0.717, 1.165) is 50.7 Å². The lowest BCUT2D eigenvalue weighted by Gasteiger charge is -2.33. The van der Waals surface area contributed by atoms with Crippen molar-refractivity contribution in [2.75, 3.05) is 39.3 Å². The Morgan fingerprint density at radius 1 is 1.44 bits per heavy atom. The lowest BCUT2D eigenvalue weighted by atomic mass is 10.0. The zero-order chi connectivity index (χ0) is 17.9. The predicted octanol–water partition coefficient (Wildman–Crippen LogP) is 2.06. The minimum atomic E-state index is 0.471. The van der Waals surface area contributed by atoms with Crippen molar-refractivity contribution in [1.82, 2.24) is 20.5 Å². The molecule has 0 saturated carbocycles. The first-order valence-electron chi connectivity index (χ1n) is 9.11. The smallest absolute Gasteiger partial charge is 0.191 e. The van der Waals surface area contributed by atoms with Crippen LogP contribution in [0.3, 0.4) is 0 Å². The van der Waals surface area contributed by atoms with Crippen LogP contribution in [0.2, 0.25) is 0 Å². The molecule has 1 aliphatic heterocycles. The van der Waals surface area contributed by atoms with Crippen molar-refractivity contribution in [1.29, 1.82) is 0 Å². The molecule has 1 aromatic rings. The fourth-order valence-electron chi connectivity index (χ4n) is 2.88. The van der Waals surface area contributed by atoms with Crippen molar-refractivity contribution in [2.45, 2.75) is 32.7 Å². The van der Waals surface area contributed by atoms with Gasteiger partial charge in [0.05, 0.1) is 12.7 Å². The molecule has 0 bridgehead atoms. The van der Waals surface area contributed by atoms with E-state index in [1.165, 1.54) is 5.57 Å². The zero-order valence-corrected chi connectivity index (χ0v) is 15.5. The number of ether oxygens (including phenoxy) is 1. The Kier molecular flexibility index (Phi) is 8.25. The van der Waals surface area contributed by atoms with E-state index in [1.54, 1.807) is 12.4 Å². The van der Waals surface area contributed by atoms with Crippen molar-refractivity contribution >= 4 is 5.96 Å². The first kappa shape index (κ1) is 19.2. The van der Waals surface area contributed by atoms with E-state index in [9.17, 15) is 0 Å². The van der Waals surface area contributed by atoms with Gasteiger partial charge in [-0.1, -0.05) is 12.2 Å². The van der Waals surface area contributed by atoms with E-state index in [2.05, 4.69) is 45.9 Å². The number of aliphatic imine (C=N–C) groups is 1. The van der Waals surface area contributed by atoms with Crippen molar-refractivity contribution in [3.63, 3.8) is 0 Å². The normalized spacial score (nSPS) is 16.5. The van der Waals surface area contributed by atoms with E-state index in [0.29, 0.717) is 19.2 Å². The molecule has 1 aliphatic rings. The average molecular weight is 345 g/mol. The Hall–Kier alpha value is -2.08. The van der Waals surface area contributed by atoms with Gasteiger partial charge in [0.25, 0.3) is 0 Å². The molecule has 1 fully saturated rings. The number of pyridine rings is 1. The van der Waals surface area contributed by atoms with Crippen molar-refractivity contribution in [3.05, 3.63) is 36.7 Å². The number of nitrogens with zero attached hydrogens (tertiary/aromatic N) is 3. The Bertz CT molecular complexity index is 538. The molecule has 2 rings (SSSR count). The van der Waals surface area contributed by atoms with Crippen LogP contribution >= 0.6 is 0 Å². The highest BCUT2D eigenvalue weighted by Crippen LogP contribution is 2.11. The van der Waals surface area contributed by atoms with E-state index in [1.807, 2.05) is 12.1 Å². The Morgan fingerprint density at radius 3 is 2.88 bits per heavy atom. The van der Waals surface area contributed by atoms with Gasteiger partial charge in [0.1, 0.15) is 12.4 Å². The third-order valence-corrected chi connectivity index (χ3v) is 4.03. The number of piperidine rings is 1. The quantitative estimate of drug-likeness (QED) is 0.327. The van der Waals surface area contributed by atoms with Gasteiger partial charge in [-0.15, -0.1) is 0 Å². The van der Waals surface area contributed by atoms with Crippen LogP contribution in [-0.4, -0.2) is 61.2 Å². The summed E-state index contributed by atoms with van der Waals surface area (Å²) in [6.07, 6.45) is 5.71. The lowest BCUT2D eigenvalue weighted by Crippen LogP contribution is -2.49. The van der Waals surface area contributed by atoms with Crippen molar-refractivity contribution in [3.8, 4) is 5.75 Å². The molecule has 1 saturated heterocycles. The standard InChI is InChI=1S/C19H31N5O/c1-4-21-19(22-10-13-25-18-6-5-9-20-14-18)23-17-7-11-24(12-8-17)15-16(2)3/h5-6,9,14,17H,2,4,7-8,10-13,15H2,1,3H3,(H2,21,22,23). The average Bonchev–Trinajstić information content (AvgIpc) is 2.61. The summed E-state index contributed by atoms with van der Waals surface area (Å²) in [5.41, 5.74) is 1.23. The van der Waals surface area contributed by atoms with Crippen LogP contribution in [0.15, 0.2) is 41.7 Å². The first-order chi connectivity index (χ1) is 12.2. The van der Waals surface area contributed by atoms with Crippen molar-refractivity contribution < 1.29 is 4.74 Å². The molecule has 6 heteroatoms. The topological polar surface area (TPSA) is 61.8 Å². The molecule has 0 radical (unpaired) electrons. The van der Waals surface area contributed by atoms with Crippen LogP contribution in [0, 0.1) is 0 Å². The number of aromatic nitrogens is 1. The summed E-state index contributed by atoms with van der Waals surface area (Å²) in [5.74, 6) is 1.65. The van der Waals surface area contributed by atoms with Gasteiger partial charge in [-0.3, -0.25) is 9.88 Å². The fourth-order valence-corrected chi connectivity index (χ4v) is 2.88. The molecule has 138 valence electrons. The van der Waals surface area contributed by atoms with Crippen LogP contribution in [0.25, 0.3) is 0 Å². The fraction of sp³-hybridized carbons (Fsp3) is 0.579. The van der Waals surface area contributed by atoms with Crippen LogP contribution in [0.4, 0.5) is 0 Å². The van der Waals surface area contributed by atoms with E-state index in [-0.39, 0.29) is 0 Å². The van der Waals surface area contributed by atoms with Crippen molar-refractivity contribution in [2.24, 2.45) is 4.99 Å². The molecule has 6 nitrogen and oxygen atoms in total. The van der Waals surface area contributed by atoms with E-state index in [4.69, 9.17) is 4.74 Å². The van der Waals surface area contributed by atoms with Gasteiger partial charge in [0.15, 0.2) is 5.96 Å². The van der Waals surface area contributed by atoms with Crippen LogP contribution in [-0.2, 0) is 0 Å². The van der Waals surface area contributed by atoms with Crippen LogP contribution in [0.5, 0.6) is 5.75 Å². The molecular formula is C19H31N5O. The summed E-state index contributed by atoms with van der Waals surface area (Å²) >= 11 is 0. The van der Waals surface area contributed by atoms with Gasteiger partial charge >= 0.3 is 0 Å². The highest BCUT2D eigenvalue weighted by molar-refractivity contribution is 5.80. The van der Waals surface area contributed by atoms with Gasteiger partial charge < -0.3 is 15.4 Å². The number of hydrogen-bond acceptors (Lipinski definition) is 4. The molecule has 25 heavy (non-hydrogen) atoms. The number of nitrogens with one attached hydrogen (secondary N) is 2. The summed E-state index contributed by atoms with van der Waals surface area (Å²) < 4.78 is 5.64. The highest BCUT2D eigenvalue weighted by Gasteiger charge is 2.19. The Labute approximate surface area is 151 Å². The van der Waals surface area contributed by atoms with Crippen LogP contribution in [0.1, 0.15) is 26.7 Å². The summed E-state index contributed by atoms with van der Waals surface area (Å²) in [4.78, 5) is 11.1. The maximum absolute atomic E-state index is 5.64. The SMILES string of the molecule is C=C(C)CN1CCC(NC(=NCCOc2cccnc2)NCC)CC1. The molecule has 2 heterocycles. The molecule has 0 amide bonds. The Balaban J connectivity index is 1.73. The molecule has 1 aromatic heterocycles. The third kappa shape index (κ3) is 7.56. The second-order valence-electron chi connectivity index (χ2n) is 6.45. The maximum atomic E-state index is 5.64. The minimum absolute atomic E-state index is 0.471. The molecule has 0 spiro atoms. The molecule has 0 aromatic carbocycles. The first-order valence-corrected chi connectivity index (χ1v) is 9.11. The van der Waals surface area contributed by atoms with E-state index >= 15 is 0 Å². The highest BCUT2D eigenvalue weighted by atomic mass is 16.5. The zero-order valence-electron chi connectivity index (χ0n) is 15.5. The molecule has 0 aliphatic carbocycles. The monoisotopic (exact) mass is 345 g/mol. The number of hydrogen-bond donors (Lipinski definition) is 2. The predicted molar refractivity (Wildman–Crippen MR) is 103 cm³/mol. The Morgan fingerprint density at radius 2 is 2.24 bits per heavy atom. The second kappa shape index (κ2) is 10.7. The lowest BCUT2D eigenvalue weighted by molar-refractivity contribution is 0.221. The largest absolute Gasteiger partial charge is 0.490 e. The maximum Gasteiger partial charge on any atom is 0.191 e. The molecule has 2 N–H and O–H groups in total. The summed E-state index contributed by atoms with van der Waals surface area (Å²) in [6.45, 7) is 13.4. The third-order valence-electron chi connectivity index (χ3n) is 4.03. The van der Waals surface area contributed by atoms with E-state index < -0.39 is 0 Å². The second-order valence-corrected chi connectivity index (χ2v) is 6.45. The van der Waals surface area contributed by atoms with Gasteiger partial charge in [0, 0.05) is 38.4 Å². The van der Waals surface area contributed by atoms with Crippen LogP contribution < -0.4 is 15.4 Å². The summed E-state index contributed by atoms with van der Waals surface area (Å²) in [5, 5.41) is 6.87. The number of guanidine groups is 1. The van der Waals surface area contributed by atoms with Gasteiger partial charge in [-0.05, 0) is 38.8 Å². The van der Waals surface area contributed by atoms with Gasteiger partial charge in [0.2, 0.25) is 0 Å². The summed E-state index contributed by atoms with van der Waals surface area (Å²) in [6, 6.07) is 4.24.